The highest BCUT2D eigenvalue weighted by molar-refractivity contribution is 6.30. The average molecular weight is 356 g/mol. The summed E-state index contributed by atoms with van der Waals surface area (Å²) in [7, 11) is 0. The number of phenols is 1. The smallest absolute Gasteiger partial charge is 0.414 e. The Morgan fingerprint density at radius 3 is 2.12 bits per heavy atom. The highest BCUT2D eigenvalue weighted by atomic mass is 35.5. The van der Waals surface area contributed by atoms with Crippen molar-refractivity contribution in [1.82, 2.24) is 5.32 Å². The number of hydrogen-bond acceptors (Lipinski definition) is 4. The topological polar surface area (TPSA) is 107 Å². The summed E-state index contributed by atoms with van der Waals surface area (Å²) in [5.41, 5.74) is 1.72. The summed E-state index contributed by atoms with van der Waals surface area (Å²) in [5, 5.41) is 28.2. The average Bonchev–Trinajstić information content (AvgIpc) is 2.53. The van der Waals surface area contributed by atoms with Gasteiger partial charge in [0.05, 0.1) is 0 Å². The van der Waals surface area contributed by atoms with Gasteiger partial charge in [0.2, 0.25) is 0 Å². The van der Waals surface area contributed by atoms with Crippen molar-refractivity contribution in [2.45, 2.75) is 13.1 Å². The highest BCUT2D eigenvalue weighted by Crippen LogP contribution is 2.21. The summed E-state index contributed by atoms with van der Waals surface area (Å²) >= 11 is 5.85. The normalized spacial score (nSPS) is 9.75. The van der Waals surface area contributed by atoms with Crippen LogP contribution < -0.4 is 5.32 Å². The molecule has 128 valence electrons. The molecule has 24 heavy (non-hydrogen) atoms. The minimum Gasteiger partial charge on any atom is -0.508 e. The maximum Gasteiger partial charge on any atom is 0.414 e. The van der Waals surface area contributed by atoms with E-state index in [1.807, 2.05) is 0 Å². The molecule has 0 amide bonds. The first kappa shape index (κ1) is 19.4. The highest BCUT2D eigenvalue weighted by Gasteiger charge is 2.04. The number of nitrogens with one attached hydrogen (secondary N) is 1. The van der Waals surface area contributed by atoms with E-state index in [1.165, 1.54) is 12.1 Å². The first-order valence-corrected chi connectivity index (χ1v) is 7.06. The molecule has 2 aromatic carbocycles. The summed E-state index contributed by atoms with van der Waals surface area (Å²) < 4.78 is 12.7. The van der Waals surface area contributed by atoms with Gasteiger partial charge in [0.1, 0.15) is 11.6 Å². The van der Waals surface area contributed by atoms with Gasteiger partial charge < -0.3 is 20.6 Å². The molecule has 0 aliphatic rings. The van der Waals surface area contributed by atoms with Crippen molar-refractivity contribution >= 4 is 23.5 Å². The molecule has 0 aliphatic heterocycles. The van der Waals surface area contributed by atoms with Crippen molar-refractivity contribution in [3.8, 4) is 5.75 Å². The fraction of sp³-hybridized carbons (Fsp3) is 0.125. The van der Waals surface area contributed by atoms with Gasteiger partial charge in [-0.2, -0.15) is 0 Å². The Morgan fingerprint density at radius 1 is 1.00 bits per heavy atom. The van der Waals surface area contributed by atoms with Gasteiger partial charge in [0.15, 0.2) is 0 Å². The zero-order valence-electron chi connectivity index (χ0n) is 12.4. The van der Waals surface area contributed by atoms with Crippen molar-refractivity contribution in [2.75, 3.05) is 0 Å². The van der Waals surface area contributed by atoms with Crippen molar-refractivity contribution in [3.63, 3.8) is 0 Å². The Labute approximate surface area is 142 Å². The van der Waals surface area contributed by atoms with Gasteiger partial charge in [-0.3, -0.25) is 0 Å². The van der Waals surface area contributed by atoms with Crippen LogP contribution in [0.1, 0.15) is 11.1 Å². The van der Waals surface area contributed by atoms with Crippen molar-refractivity contribution in [3.05, 3.63) is 64.4 Å². The van der Waals surface area contributed by atoms with Crippen LogP contribution in [0.25, 0.3) is 0 Å². The van der Waals surface area contributed by atoms with Crippen LogP contribution in [0.2, 0.25) is 5.02 Å². The van der Waals surface area contributed by atoms with E-state index in [0.717, 1.165) is 11.1 Å². The zero-order valence-corrected chi connectivity index (χ0v) is 13.1. The zero-order chi connectivity index (χ0) is 18.1. The minimum atomic E-state index is -1.82. The third-order valence-electron chi connectivity index (χ3n) is 2.78. The lowest BCUT2D eigenvalue weighted by Crippen LogP contribution is -2.12. The standard InChI is InChI=1S/C14H13ClFNO.C2H2O4/c15-12-3-6-14(18)11(7-12)9-17-8-10-1-4-13(16)5-2-10;3-1(4)2(5)6/h1-7,17-18H,8-9H2;(H,3,4)(H,5,6). The largest absolute Gasteiger partial charge is 0.508 e. The minimum absolute atomic E-state index is 0.214. The first-order valence-electron chi connectivity index (χ1n) is 6.68. The quantitative estimate of drug-likeness (QED) is 0.628. The Hall–Kier alpha value is -2.64. The van der Waals surface area contributed by atoms with Gasteiger partial charge in [-0.1, -0.05) is 23.7 Å². The number of phenolic OH excluding ortho intramolecular Hbond substituents is 1. The summed E-state index contributed by atoms with van der Waals surface area (Å²) in [4.78, 5) is 18.2. The van der Waals surface area contributed by atoms with Gasteiger partial charge in [-0.05, 0) is 35.9 Å². The molecule has 0 saturated heterocycles. The lowest BCUT2D eigenvalue weighted by molar-refractivity contribution is -0.159. The van der Waals surface area contributed by atoms with Crippen LogP contribution in [0.15, 0.2) is 42.5 Å². The van der Waals surface area contributed by atoms with E-state index >= 15 is 0 Å². The van der Waals surface area contributed by atoms with E-state index in [1.54, 1.807) is 30.3 Å². The molecule has 0 radical (unpaired) electrons. The number of aromatic hydroxyl groups is 1. The fourth-order valence-corrected chi connectivity index (χ4v) is 1.83. The number of hydrogen-bond donors (Lipinski definition) is 4. The number of carbonyl (C=O) groups is 2. The molecule has 4 N–H and O–H groups in total. The monoisotopic (exact) mass is 355 g/mol. The predicted molar refractivity (Wildman–Crippen MR) is 85.3 cm³/mol. The number of benzene rings is 2. The second-order valence-corrected chi connectivity index (χ2v) is 5.05. The molecule has 0 unspecified atom stereocenters. The molecule has 0 heterocycles. The van der Waals surface area contributed by atoms with E-state index in [-0.39, 0.29) is 11.6 Å². The number of aliphatic carboxylic acids is 2. The molecular formula is C16H15ClFNO5. The lowest BCUT2D eigenvalue weighted by Gasteiger charge is -2.07. The van der Waals surface area contributed by atoms with Crippen LogP contribution in [0.3, 0.4) is 0 Å². The molecule has 2 rings (SSSR count). The lowest BCUT2D eigenvalue weighted by atomic mass is 10.2. The molecule has 0 aromatic heterocycles. The Morgan fingerprint density at radius 2 is 1.58 bits per heavy atom. The van der Waals surface area contributed by atoms with Crippen LogP contribution in [0.4, 0.5) is 4.39 Å². The Bertz CT molecular complexity index is 694. The molecule has 8 heteroatoms. The maximum absolute atomic E-state index is 12.7. The Balaban J connectivity index is 0.000000413. The summed E-state index contributed by atoms with van der Waals surface area (Å²) in [5.74, 6) is -3.68. The molecule has 6 nitrogen and oxygen atoms in total. The van der Waals surface area contributed by atoms with Gasteiger partial charge in [0, 0.05) is 23.7 Å². The van der Waals surface area contributed by atoms with E-state index in [4.69, 9.17) is 31.4 Å². The molecular weight excluding hydrogens is 341 g/mol. The third kappa shape index (κ3) is 7.08. The number of carboxylic acids is 2. The molecule has 0 atom stereocenters. The van der Waals surface area contributed by atoms with Crippen LogP contribution in [-0.2, 0) is 22.7 Å². The molecule has 2 aromatic rings. The second kappa shape index (κ2) is 9.49. The summed E-state index contributed by atoms with van der Waals surface area (Å²) in [6, 6.07) is 11.2. The van der Waals surface area contributed by atoms with Crippen LogP contribution in [-0.4, -0.2) is 27.3 Å². The maximum atomic E-state index is 12.7. The van der Waals surface area contributed by atoms with E-state index in [2.05, 4.69) is 5.32 Å². The molecule has 0 bridgehead atoms. The summed E-state index contributed by atoms with van der Waals surface area (Å²) in [6.07, 6.45) is 0. The fourth-order valence-electron chi connectivity index (χ4n) is 1.64. The van der Waals surface area contributed by atoms with Crippen LogP contribution >= 0.6 is 11.6 Å². The van der Waals surface area contributed by atoms with Gasteiger partial charge >= 0.3 is 11.9 Å². The molecule has 0 fully saturated rings. The van der Waals surface area contributed by atoms with Gasteiger partial charge in [0.25, 0.3) is 0 Å². The second-order valence-electron chi connectivity index (χ2n) is 4.61. The van der Waals surface area contributed by atoms with Crippen LogP contribution in [0.5, 0.6) is 5.75 Å². The number of rotatable bonds is 4. The number of halogens is 2. The van der Waals surface area contributed by atoms with E-state index < -0.39 is 11.9 Å². The van der Waals surface area contributed by atoms with Gasteiger partial charge in [-0.15, -0.1) is 0 Å². The van der Waals surface area contributed by atoms with Gasteiger partial charge in [-0.25, -0.2) is 14.0 Å². The summed E-state index contributed by atoms with van der Waals surface area (Å²) in [6.45, 7) is 1.11. The third-order valence-corrected chi connectivity index (χ3v) is 3.02. The van der Waals surface area contributed by atoms with Crippen molar-refractivity contribution in [2.24, 2.45) is 0 Å². The van der Waals surface area contributed by atoms with E-state index in [9.17, 15) is 9.50 Å². The molecule has 0 aliphatic carbocycles. The number of carboxylic acid groups (broad SMARTS) is 2. The van der Waals surface area contributed by atoms with Crippen molar-refractivity contribution < 1.29 is 29.3 Å². The van der Waals surface area contributed by atoms with Crippen molar-refractivity contribution in [1.29, 1.82) is 0 Å². The predicted octanol–water partition coefficient (Wildman–Crippen LogP) is 2.63. The van der Waals surface area contributed by atoms with E-state index in [0.29, 0.717) is 18.1 Å². The first-order chi connectivity index (χ1) is 11.3. The van der Waals surface area contributed by atoms with Crippen LogP contribution in [0, 0.1) is 5.82 Å². The SMILES string of the molecule is O=C(O)C(=O)O.Oc1ccc(Cl)cc1CNCc1ccc(F)cc1. The molecule has 0 saturated carbocycles. The molecule has 0 spiro atoms. The Kier molecular flexibility index (Phi) is 7.67.